The number of amides is 1. The van der Waals surface area contributed by atoms with Crippen molar-refractivity contribution in [3.05, 3.63) is 29.3 Å². The Bertz CT molecular complexity index is 373. The van der Waals surface area contributed by atoms with Gasteiger partial charge in [-0.1, -0.05) is 24.6 Å². The van der Waals surface area contributed by atoms with Crippen molar-refractivity contribution in [2.45, 2.75) is 24.3 Å². The van der Waals surface area contributed by atoms with Crippen molar-refractivity contribution < 1.29 is 4.79 Å². The maximum absolute atomic E-state index is 11.1. The maximum Gasteiger partial charge on any atom is 0.234 e. The van der Waals surface area contributed by atoms with E-state index in [2.05, 4.69) is 5.32 Å². The predicted molar refractivity (Wildman–Crippen MR) is 73.5 cm³/mol. The molecule has 1 aromatic carbocycles. The van der Waals surface area contributed by atoms with Crippen molar-refractivity contribution >= 4 is 29.3 Å². The van der Waals surface area contributed by atoms with Crippen LogP contribution in [-0.4, -0.2) is 24.2 Å². The summed E-state index contributed by atoms with van der Waals surface area (Å²) in [7, 11) is 0. The van der Waals surface area contributed by atoms with Crippen LogP contribution in [0.15, 0.2) is 29.2 Å². The number of halogens is 1. The Kier molecular flexibility index (Phi) is 6.40. The number of thioether (sulfide) groups is 1. The number of nitrogens with two attached hydrogens (primary N) is 1. The second kappa shape index (κ2) is 7.58. The Morgan fingerprint density at radius 1 is 1.59 bits per heavy atom. The molecule has 0 saturated carbocycles. The fourth-order valence-electron chi connectivity index (χ4n) is 1.44. The van der Waals surface area contributed by atoms with Gasteiger partial charge in [-0.05, 0) is 36.9 Å². The van der Waals surface area contributed by atoms with Crippen molar-refractivity contribution in [2.24, 2.45) is 5.73 Å². The van der Waals surface area contributed by atoms with Crippen molar-refractivity contribution in [1.29, 1.82) is 0 Å². The Hall–Kier alpha value is -0.710. The third-order valence-corrected chi connectivity index (χ3v) is 3.53. The van der Waals surface area contributed by atoms with Crippen LogP contribution in [0.2, 0.25) is 5.02 Å². The molecular weight excluding hydrogens is 256 g/mol. The van der Waals surface area contributed by atoms with Crippen LogP contribution >= 0.6 is 23.4 Å². The Labute approximate surface area is 111 Å². The van der Waals surface area contributed by atoms with Crippen molar-refractivity contribution in [3.8, 4) is 0 Å². The summed E-state index contributed by atoms with van der Waals surface area (Å²) < 4.78 is 0. The molecule has 94 valence electrons. The molecule has 3 N–H and O–H groups in total. The molecule has 0 fully saturated rings. The van der Waals surface area contributed by atoms with Crippen LogP contribution in [0.1, 0.15) is 13.3 Å². The lowest BCUT2D eigenvalue weighted by molar-refractivity contribution is -0.120. The van der Waals surface area contributed by atoms with Gasteiger partial charge in [0.15, 0.2) is 0 Å². The van der Waals surface area contributed by atoms with E-state index in [0.29, 0.717) is 0 Å². The first-order valence-corrected chi connectivity index (χ1v) is 6.91. The topological polar surface area (TPSA) is 55.1 Å². The molecule has 0 spiro atoms. The van der Waals surface area contributed by atoms with Crippen LogP contribution in [-0.2, 0) is 4.79 Å². The molecule has 3 nitrogen and oxygen atoms in total. The molecule has 1 atom stereocenters. The molecule has 5 heteroatoms. The normalized spacial score (nSPS) is 12.4. The predicted octanol–water partition coefficient (Wildman–Crippen LogP) is 2.29. The largest absolute Gasteiger partial charge is 0.368 e. The smallest absolute Gasteiger partial charge is 0.234 e. The molecule has 0 aliphatic carbocycles. The zero-order valence-electron chi connectivity index (χ0n) is 9.78. The number of carbonyl (C=O) groups is 1. The molecule has 0 aromatic heterocycles. The summed E-state index contributed by atoms with van der Waals surface area (Å²) in [6, 6.07) is 7.44. The van der Waals surface area contributed by atoms with Gasteiger partial charge in [-0.25, -0.2) is 0 Å². The molecule has 17 heavy (non-hydrogen) atoms. The molecule has 0 saturated heterocycles. The summed E-state index contributed by atoms with van der Waals surface area (Å²) in [6.07, 6.45) is 0.723. The van der Waals surface area contributed by atoms with Gasteiger partial charge >= 0.3 is 0 Å². The number of benzene rings is 1. The lowest BCUT2D eigenvalue weighted by Gasteiger charge is -2.13. The van der Waals surface area contributed by atoms with Crippen LogP contribution in [0.4, 0.5) is 0 Å². The first-order chi connectivity index (χ1) is 8.13. The summed E-state index contributed by atoms with van der Waals surface area (Å²) in [5.74, 6) is 0.541. The Morgan fingerprint density at radius 3 is 2.94 bits per heavy atom. The summed E-state index contributed by atoms with van der Waals surface area (Å²) >= 11 is 7.56. The quantitative estimate of drug-likeness (QED) is 0.749. The molecule has 0 aliphatic heterocycles. The first kappa shape index (κ1) is 14.4. The number of nitrogens with one attached hydrogen (secondary N) is 1. The standard InChI is InChI=1S/C12H17ClN2OS/c1-2-15-11(12(14)16)6-7-17-10-5-3-4-9(13)8-10/h3-5,8,11,15H,2,6-7H2,1H3,(H2,14,16). The fourth-order valence-corrected chi connectivity index (χ4v) is 2.67. The van der Waals surface area contributed by atoms with Crippen LogP contribution in [0.3, 0.4) is 0 Å². The molecule has 1 aromatic rings. The van der Waals surface area contributed by atoms with Crippen LogP contribution in [0.25, 0.3) is 0 Å². The van der Waals surface area contributed by atoms with Gasteiger partial charge in [0, 0.05) is 9.92 Å². The van der Waals surface area contributed by atoms with E-state index in [1.165, 1.54) is 0 Å². The van der Waals surface area contributed by atoms with Gasteiger partial charge in [-0.2, -0.15) is 0 Å². The minimum absolute atomic E-state index is 0.244. The SMILES string of the molecule is CCNC(CCSc1cccc(Cl)c1)C(N)=O. The minimum atomic E-state index is -0.293. The van der Waals surface area contributed by atoms with E-state index >= 15 is 0 Å². The molecule has 1 amide bonds. The van der Waals surface area contributed by atoms with Gasteiger partial charge in [0.25, 0.3) is 0 Å². The lowest BCUT2D eigenvalue weighted by atomic mass is 10.2. The highest BCUT2D eigenvalue weighted by atomic mass is 35.5. The summed E-state index contributed by atoms with van der Waals surface area (Å²) in [5, 5.41) is 3.80. The second-order valence-electron chi connectivity index (χ2n) is 3.61. The van der Waals surface area contributed by atoms with Gasteiger partial charge in [0.2, 0.25) is 5.91 Å². The highest BCUT2D eigenvalue weighted by Crippen LogP contribution is 2.22. The van der Waals surface area contributed by atoms with E-state index < -0.39 is 0 Å². The highest BCUT2D eigenvalue weighted by Gasteiger charge is 2.12. The van der Waals surface area contributed by atoms with E-state index in [0.717, 1.165) is 28.6 Å². The Morgan fingerprint density at radius 2 is 2.35 bits per heavy atom. The van der Waals surface area contributed by atoms with Gasteiger partial charge in [0.05, 0.1) is 6.04 Å². The average Bonchev–Trinajstić information content (AvgIpc) is 2.28. The zero-order chi connectivity index (χ0) is 12.7. The lowest BCUT2D eigenvalue weighted by Crippen LogP contribution is -2.41. The summed E-state index contributed by atoms with van der Waals surface area (Å²) in [5.41, 5.74) is 5.29. The van der Waals surface area contributed by atoms with Crippen LogP contribution in [0, 0.1) is 0 Å². The number of likely N-dealkylation sites (N-methyl/N-ethyl adjacent to an activating group) is 1. The van der Waals surface area contributed by atoms with E-state index in [9.17, 15) is 4.79 Å². The first-order valence-electron chi connectivity index (χ1n) is 5.54. The average molecular weight is 273 g/mol. The number of hydrogen-bond acceptors (Lipinski definition) is 3. The number of hydrogen-bond donors (Lipinski definition) is 2. The molecule has 1 rings (SSSR count). The third kappa shape index (κ3) is 5.44. The second-order valence-corrected chi connectivity index (χ2v) is 5.21. The molecule has 0 heterocycles. The Balaban J connectivity index is 2.38. The summed E-state index contributed by atoms with van der Waals surface area (Å²) in [4.78, 5) is 12.2. The summed E-state index contributed by atoms with van der Waals surface area (Å²) in [6.45, 7) is 2.70. The zero-order valence-corrected chi connectivity index (χ0v) is 11.4. The van der Waals surface area contributed by atoms with E-state index in [-0.39, 0.29) is 11.9 Å². The number of primary amides is 1. The molecular formula is C12H17ClN2OS. The van der Waals surface area contributed by atoms with Gasteiger partial charge in [-0.15, -0.1) is 11.8 Å². The van der Waals surface area contributed by atoms with E-state index in [1.807, 2.05) is 31.2 Å². The molecule has 0 aliphatic rings. The monoisotopic (exact) mass is 272 g/mol. The van der Waals surface area contributed by atoms with Gasteiger partial charge < -0.3 is 11.1 Å². The third-order valence-electron chi connectivity index (χ3n) is 2.27. The van der Waals surface area contributed by atoms with E-state index in [1.54, 1.807) is 11.8 Å². The molecule has 0 bridgehead atoms. The van der Waals surface area contributed by atoms with Crippen molar-refractivity contribution in [2.75, 3.05) is 12.3 Å². The number of rotatable bonds is 7. The maximum atomic E-state index is 11.1. The fraction of sp³-hybridized carbons (Fsp3) is 0.417. The minimum Gasteiger partial charge on any atom is -0.368 e. The number of carbonyl (C=O) groups excluding carboxylic acids is 1. The molecule has 1 unspecified atom stereocenters. The van der Waals surface area contributed by atoms with Gasteiger partial charge in [0.1, 0.15) is 0 Å². The highest BCUT2D eigenvalue weighted by molar-refractivity contribution is 7.99. The van der Waals surface area contributed by atoms with Crippen LogP contribution < -0.4 is 11.1 Å². The van der Waals surface area contributed by atoms with Crippen molar-refractivity contribution in [1.82, 2.24) is 5.32 Å². The van der Waals surface area contributed by atoms with E-state index in [4.69, 9.17) is 17.3 Å². The van der Waals surface area contributed by atoms with Gasteiger partial charge in [-0.3, -0.25) is 4.79 Å². The van der Waals surface area contributed by atoms with Crippen LogP contribution in [0.5, 0.6) is 0 Å². The van der Waals surface area contributed by atoms with Crippen molar-refractivity contribution in [3.63, 3.8) is 0 Å². The molecule has 0 radical (unpaired) electrons.